The van der Waals surface area contributed by atoms with Gasteiger partial charge < -0.3 is 9.84 Å². The first kappa shape index (κ1) is 13.4. The molecule has 0 aliphatic heterocycles. The Bertz CT molecular complexity index is 375. The van der Waals surface area contributed by atoms with Crippen molar-refractivity contribution in [1.29, 1.82) is 0 Å². The van der Waals surface area contributed by atoms with Gasteiger partial charge in [-0.15, -0.1) is 0 Å². The Morgan fingerprint density at radius 3 is 2.83 bits per heavy atom. The van der Waals surface area contributed by atoms with E-state index in [1.807, 2.05) is 24.3 Å². The molecule has 0 aromatic heterocycles. The predicted octanol–water partition coefficient (Wildman–Crippen LogP) is 3.95. The lowest BCUT2D eigenvalue weighted by molar-refractivity contribution is 0.0658. The van der Waals surface area contributed by atoms with Crippen LogP contribution in [0.15, 0.2) is 24.3 Å². The number of ether oxygens (including phenoxy) is 1. The monoisotopic (exact) mass is 248 g/mol. The lowest BCUT2D eigenvalue weighted by Gasteiger charge is -2.32. The minimum Gasteiger partial charge on any atom is -0.496 e. The summed E-state index contributed by atoms with van der Waals surface area (Å²) in [5.41, 5.74) is 0.946. The van der Waals surface area contributed by atoms with E-state index >= 15 is 0 Å². The Hall–Kier alpha value is -1.02. The Labute approximate surface area is 110 Å². The van der Waals surface area contributed by atoms with Gasteiger partial charge in [0.15, 0.2) is 0 Å². The smallest absolute Gasteiger partial charge is 0.124 e. The van der Waals surface area contributed by atoms with Crippen LogP contribution in [0.3, 0.4) is 0 Å². The van der Waals surface area contributed by atoms with Crippen LogP contribution in [0.4, 0.5) is 0 Å². The van der Waals surface area contributed by atoms with Gasteiger partial charge in [0, 0.05) is 5.56 Å². The molecule has 2 nitrogen and oxygen atoms in total. The van der Waals surface area contributed by atoms with Gasteiger partial charge >= 0.3 is 0 Å². The molecular weight excluding hydrogens is 224 g/mol. The molecular formula is C16H24O2. The summed E-state index contributed by atoms with van der Waals surface area (Å²) in [6, 6.07) is 7.84. The van der Waals surface area contributed by atoms with Crippen molar-refractivity contribution in [2.24, 2.45) is 11.8 Å². The fourth-order valence-corrected chi connectivity index (χ4v) is 3.15. The van der Waals surface area contributed by atoms with Gasteiger partial charge in [-0.1, -0.05) is 44.4 Å². The summed E-state index contributed by atoms with van der Waals surface area (Å²) in [4.78, 5) is 0. The van der Waals surface area contributed by atoms with Crippen molar-refractivity contribution in [1.82, 2.24) is 0 Å². The molecule has 1 saturated carbocycles. The maximum atomic E-state index is 10.6. The molecule has 0 spiro atoms. The van der Waals surface area contributed by atoms with Crippen molar-refractivity contribution in [3.05, 3.63) is 29.8 Å². The average molecular weight is 248 g/mol. The van der Waals surface area contributed by atoms with Crippen LogP contribution in [-0.2, 0) is 0 Å². The van der Waals surface area contributed by atoms with E-state index < -0.39 is 0 Å². The fourth-order valence-electron chi connectivity index (χ4n) is 3.15. The van der Waals surface area contributed by atoms with Gasteiger partial charge in [-0.3, -0.25) is 0 Å². The van der Waals surface area contributed by atoms with Crippen molar-refractivity contribution in [3.63, 3.8) is 0 Å². The summed E-state index contributed by atoms with van der Waals surface area (Å²) in [5.74, 6) is 1.98. The maximum absolute atomic E-state index is 10.6. The molecule has 1 aliphatic carbocycles. The minimum absolute atomic E-state index is 0.379. The zero-order valence-corrected chi connectivity index (χ0v) is 11.4. The number of benzene rings is 1. The first-order chi connectivity index (χ1) is 8.76. The molecule has 0 radical (unpaired) electrons. The van der Waals surface area contributed by atoms with Gasteiger partial charge in [0.25, 0.3) is 0 Å². The van der Waals surface area contributed by atoms with Gasteiger partial charge in [-0.05, 0) is 30.7 Å². The molecule has 2 rings (SSSR count). The van der Waals surface area contributed by atoms with Gasteiger partial charge in [-0.25, -0.2) is 0 Å². The van der Waals surface area contributed by atoms with Crippen LogP contribution in [-0.4, -0.2) is 12.2 Å². The van der Waals surface area contributed by atoms with Crippen LogP contribution >= 0.6 is 0 Å². The molecule has 1 N–H and O–H groups in total. The van der Waals surface area contributed by atoms with Gasteiger partial charge in [0.1, 0.15) is 5.75 Å². The molecule has 1 aliphatic rings. The molecule has 0 heterocycles. The van der Waals surface area contributed by atoms with Crippen LogP contribution < -0.4 is 4.74 Å². The lowest BCUT2D eigenvalue weighted by Crippen LogP contribution is -2.21. The van der Waals surface area contributed by atoms with Crippen molar-refractivity contribution in [3.8, 4) is 5.75 Å². The Morgan fingerprint density at radius 1 is 1.33 bits per heavy atom. The first-order valence-corrected chi connectivity index (χ1v) is 7.07. The van der Waals surface area contributed by atoms with Crippen LogP contribution in [0.5, 0.6) is 5.75 Å². The van der Waals surface area contributed by atoms with E-state index in [0.29, 0.717) is 5.92 Å². The van der Waals surface area contributed by atoms with Crippen molar-refractivity contribution in [2.45, 2.75) is 45.1 Å². The predicted molar refractivity (Wildman–Crippen MR) is 73.7 cm³/mol. The number of hydrogen-bond donors (Lipinski definition) is 1. The summed E-state index contributed by atoms with van der Waals surface area (Å²) < 4.78 is 5.35. The van der Waals surface area contributed by atoms with E-state index in [1.165, 1.54) is 19.3 Å². The van der Waals surface area contributed by atoms with Crippen LogP contribution in [0.2, 0.25) is 0 Å². The highest BCUT2D eigenvalue weighted by Crippen LogP contribution is 2.40. The SMILES string of the molecule is CCC1CCCC(C(O)c2ccccc2OC)C1. The quantitative estimate of drug-likeness (QED) is 0.874. The Morgan fingerprint density at radius 2 is 2.11 bits per heavy atom. The molecule has 1 fully saturated rings. The first-order valence-electron chi connectivity index (χ1n) is 7.07. The summed E-state index contributed by atoms with van der Waals surface area (Å²) in [6.45, 7) is 2.25. The van der Waals surface area contributed by atoms with Crippen molar-refractivity contribution >= 4 is 0 Å². The van der Waals surface area contributed by atoms with Gasteiger partial charge in [0.2, 0.25) is 0 Å². The standard InChI is InChI=1S/C16H24O2/c1-3-12-7-6-8-13(11-12)16(17)14-9-4-5-10-15(14)18-2/h4-5,9-10,12-13,16-17H,3,6-8,11H2,1-2H3. The molecule has 2 heteroatoms. The molecule has 18 heavy (non-hydrogen) atoms. The Kier molecular flexibility index (Phi) is 4.65. The molecule has 1 aromatic rings. The number of hydrogen-bond acceptors (Lipinski definition) is 2. The molecule has 3 unspecified atom stereocenters. The summed E-state index contributed by atoms with van der Waals surface area (Å²) in [5, 5.41) is 10.6. The molecule has 1 aromatic carbocycles. The fraction of sp³-hybridized carbons (Fsp3) is 0.625. The highest BCUT2D eigenvalue weighted by molar-refractivity contribution is 5.35. The van der Waals surface area contributed by atoms with E-state index in [4.69, 9.17) is 4.74 Å². The number of rotatable bonds is 4. The third-order valence-electron chi connectivity index (χ3n) is 4.30. The number of para-hydroxylation sites is 1. The molecule has 0 amide bonds. The number of aliphatic hydroxyl groups excluding tert-OH is 1. The number of methoxy groups -OCH3 is 1. The molecule has 100 valence electrons. The van der Waals surface area contributed by atoms with E-state index in [-0.39, 0.29) is 6.10 Å². The second kappa shape index (κ2) is 6.24. The molecule has 3 atom stereocenters. The molecule has 0 bridgehead atoms. The van der Waals surface area contributed by atoms with Crippen molar-refractivity contribution in [2.75, 3.05) is 7.11 Å². The second-order valence-corrected chi connectivity index (χ2v) is 5.39. The maximum Gasteiger partial charge on any atom is 0.124 e. The minimum atomic E-state index is -0.379. The van der Waals surface area contributed by atoms with Gasteiger partial charge in [-0.2, -0.15) is 0 Å². The largest absolute Gasteiger partial charge is 0.496 e. The zero-order chi connectivity index (χ0) is 13.0. The highest BCUT2D eigenvalue weighted by Gasteiger charge is 2.28. The molecule has 0 saturated heterocycles. The van der Waals surface area contributed by atoms with Crippen LogP contribution in [0, 0.1) is 11.8 Å². The average Bonchev–Trinajstić information content (AvgIpc) is 2.46. The van der Waals surface area contributed by atoms with Crippen LogP contribution in [0.25, 0.3) is 0 Å². The lowest BCUT2D eigenvalue weighted by atomic mass is 9.76. The van der Waals surface area contributed by atoms with E-state index in [2.05, 4.69) is 6.92 Å². The van der Waals surface area contributed by atoms with Gasteiger partial charge in [0.05, 0.1) is 13.2 Å². The van der Waals surface area contributed by atoms with Crippen LogP contribution in [0.1, 0.15) is 50.7 Å². The summed E-state index contributed by atoms with van der Waals surface area (Å²) >= 11 is 0. The van der Waals surface area contributed by atoms with E-state index in [0.717, 1.165) is 30.1 Å². The summed E-state index contributed by atoms with van der Waals surface area (Å²) in [7, 11) is 1.67. The van der Waals surface area contributed by atoms with E-state index in [1.54, 1.807) is 7.11 Å². The normalized spacial score (nSPS) is 25.7. The highest BCUT2D eigenvalue weighted by atomic mass is 16.5. The van der Waals surface area contributed by atoms with E-state index in [9.17, 15) is 5.11 Å². The Balaban J connectivity index is 2.12. The number of aliphatic hydroxyl groups is 1. The third kappa shape index (κ3) is 2.86. The third-order valence-corrected chi connectivity index (χ3v) is 4.30. The van der Waals surface area contributed by atoms with Crippen molar-refractivity contribution < 1.29 is 9.84 Å². The second-order valence-electron chi connectivity index (χ2n) is 5.39. The topological polar surface area (TPSA) is 29.5 Å². The summed E-state index contributed by atoms with van der Waals surface area (Å²) in [6.07, 6.45) is 5.71. The zero-order valence-electron chi connectivity index (χ0n) is 11.4.